The molecule has 0 amide bonds. The van der Waals surface area contributed by atoms with Gasteiger partial charge in [0, 0.05) is 23.8 Å². The van der Waals surface area contributed by atoms with Crippen LogP contribution in [-0.2, 0) is 6.04 Å². The van der Waals surface area contributed by atoms with Crippen molar-refractivity contribution in [1.82, 2.24) is 0 Å². The van der Waals surface area contributed by atoms with E-state index in [9.17, 15) is 0 Å². The van der Waals surface area contributed by atoms with Gasteiger partial charge < -0.3 is 9.80 Å². The molecule has 4 rings (SSSR count). The third kappa shape index (κ3) is 4.47. The second kappa shape index (κ2) is 8.76. The monoisotopic (exact) mass is 425 g/mol. The predicted octanol–water partition coefficient (Wildman–Crippen LogP) is 6.10. The van der Waals surface area contributed by atoms with E-state index in [1.807, 2.05) is 0 Å². The van der Waals surface area contributed by atoms with Crippen molar-refractivity contribution < 1.29 is 0 Å². The molecular weight excluding hydrogens is 392 g/mol. The molecule has 0 N–H and O–H groups in total. The van der Waals surface area contributed by atoms with Crippen LogP contribution in [-0.4, -0.2) is 15.5 Å². The van der Waals surface area contributed by atoms with Crippen LogP contribution in [0.4, 0.5) is 11.4 Å². The Labute approximate surface area is 189 Å². The van der Waals surface area contributed by atoms with Gasteiger partial charge in [0.2, 0.25) is 0 Å². The highest BCUT2D eigenvalue weighted by atomic mass is 28.3. The lowest BCUT2D eigenvalue weighted by molar-refractivity contribution is 0.952. The van der Waals surface area contributed by atoms with Gasteiger partial charge in [0.15, 0.2) is 0 Å². The van der Waals surface area contributed by atoms with Crippen molar-refractivity contribution in [3.63, 3.8) is 0 Å². The summed E-state index contributed by atoms with van der Waals surface area (Å²) in [6.45, 7) is 14.4. The summed E-state index contributed by atoms with van der Waals surface area (Å²) in [6.07, 6.45) is 4.49. The molecule has 0 aromatic heterocycles. The summed E-state index contributed by atoms with van der Waals surface area (Å²) in [4.78, 5) is 4.82. The van der Waals surface area contributed by atoms with Crippen molar-refractivity contribution in [2.45, 2.75) is 47.2 Å². The SMILES string of the molecule is Cc1cc(C)c(N2C=CN(c3c(C)cc(C)cc3C[Si](C)c3ccccc3)C2)c(C)c1. The lowest BCUT2D eigenvalue weighted by Crippen LogP contribution is -2.31. The van der Waals surface area contributed by atoms with Crippen molar-refractivity contribution in [3.8, 4) is 0 Å². The Bertz CT molecular complexity index is 1090. The fourth-order valence-corrected chi connectivity index (χ4v) is 6.85. The Hall–Kier alpha value is -2.78. The minimum absolute atomic E-state index is 0.651. The molecule has 3 heteroatoms. The standard InChI is InChI=1S/C28H33N2Si/c1-20-14-22(3)27(23(4)15-20)29-12-13-30(19-29)28-24(5)16-21(2)17-25(28)18-31(6)26-10-8-7-9-11-26/h7-17H,18-19H2,1-6H3. The highest BCUT2D eigenvalue weighted by Gasteiger charge is 2.23. The quantitative estimate of drug-likeness (QED) is 0.456. The topological polar surface area (TPSA) is 6.48 Å². The Morgan fingerprint density at radius 1 is 0.710 bits per heavy atom. The van der Waals surface area contributed by atoms with Gasteiger partial charge in [0.25, 0.3) is 0 Å². The molecule has 0 unspecified atom stereocenters. The van der Waals surface area contributed by atoms with Crippen molar-refractivity contribution in [3.05, 3.63) is 100 Å². The van der Waals surface area contributed by atoms with E-state index in [-0.39, 0.29) is 0 Å². The number of rotatable bonds is 5. The van der Waals surface area contributed by atoms with Crippen LogP contribution in [0, 0.1) is 34.6 Å². The lowest BCUT2D eigenvalue weighted by atomic mass is 10.0. The van der Waals surface area contributed by atoms with Crippen LogP contribution in [0.25, 0.3) is 0 Å². The van der Waals surface area contributed by atoms with E-state index < -0.39 is 8.80 Å². The molecule has 0 bridgehead atoms. The maximum absolute atomic E-state index is 2.44. The molecule has 2 nitrogen and oxygen atoms in total. The summed E-state index contributed by atoms with van der Waals surface area (Å²) >= 11 is 0. The summed E-state index contributed by atoms with van der Waals surface area (Å²) in [5.74, 6) is 0. The molecule has 1 aliphatic rings. The average Bonchev–Trinajstić information content (AvgIpc) is 3.16. The van der Waals surface area contributed by atoms with Crippen LogP contribution in [0.5, 0.6) is 0 Å². The number of nitrogens with zero attached hydrogens (tertiary/aromatic N) is 2. The van der Waals surface area contributed by atoms with Gasteiger partial charge in [-0.1, -0.05) is 77.5 Å². The van der Waals surface area contributed by atoms with Crippen molar-refractivity contribution in [2.75, 3.05) is 16.5 Å². The van der Waals surface area contributed by atoms with E-state index in [4.69, 9.17) is 0 Å². The van der Waals surface area contributed by atoms with E-state index in [2.05, 4.69) is 118 Å². The zero-order valence-electron chi connectivity index (χ0n) is 19.7. The average molecular weight is 426 g/mol. The van der Waals surface area contributed by atoms with Gasteiger partial charge in [-0.2, -0.15) is 0 Å². The van der Waals surface area contributed by atoms with Gasteiger partial charge in [-0.25, -0.2) is 0 Å². The number of aryl methyl sites for hydroxylation is 5. The molecule has 31 heavy (non-hydrogen) atoms. The maximum Gasteiger partial charge on any atom is 0.0989 e. The summed E-state index contributed by atoms with van der Waals surface area (Å²) in [7, 11) is -0.651. The molecule has 0 atom stereocenters. The van der Waals surface area contributed by atoms with Gasteiger partial charge in [-0.15, -0.1) is 0 Å². The minimum atomic E-state index is -0.651. The summed E-state index contributed by atoms with van der Waals surface area (Å²) in [6, 6.07) is 21.5. The number of hydrogen-bond donors (Lipinski definition) is 0. The zero-order valence-corrected chi connectivity index (χ0v) is 20.7. The van der Waals surface area contributed by atoms with Crippen molar-refractivity contribution in [2.24, 2.45) is 0 Å². The predicted molar refractivity (Wildman–Crippen MR) is 137 cm³/mol. The van der Waals surface area contributed by atoms with Crippen LogP contribution in [0.1, 0.15) is 33.4 Å². The van der Waals surface area contributed by atoms with Gasteiger partial charge in [0.05, 0.1) is 15.5 Å². The van der Waals surface area contributed by atoms with E-state index in [1.54, 1.807) is 0 Å². The fraction of sp³-hybridized carbons (Fsp3) is 0.286. The van der Waals surface area contributed by atoms with Crippen molar-refractivity contribution >= 4 is 25.4 Å². The van der Waals surface area contributed by atoms with E-state index in [1.165, 1.54) is 49.9 Å². The molecular formula is C28H33N2Si. The Morgan fingerprint density at radius 3 is 1.84 bits per heavy atom. The molecule has 0 aliphatic carbocycles. The van der Waals surface area contributed by atoms with E-state index >= 15 is 0 Å². The van der Waals surface area contributed by atoms with Crippen LogP contribution in [0.2, 0.25) is 6.55 Å². The molecule has 0 saturated heterocycles. The molecule has 3 aromatic carbocycles. The first kappa shape index (κ1) is 21.4. The summed E-state index contributed by atoms with van der Waals surface area (Å²) in [5, 5.41) is 1.50. The van der Waals surface area contributed by atoms with Crippen molar-refractivity contribution in [1.29, 1.82) is 0 Å². The minimum Gasteiger partial charge on any atom is -0.328 e. The first-order valence-electron chi connectivity index (χ1n) is 11.1. The molecule has 1 radical (unpaired) electrons. The van der Waals surface area contributed by atoms with Gasteiger partial charge in [-0.05, 0) is 62.9 Å². The Morgan fingerprint density at radius 2 is 1.23 bits per heavy atom. The molecule has 1 heterocycles. The van der Waals surface area contributed by atoms with E-state index in [0.717, 1.165) is 12.7 Å². The lowest BCUT2D eigenvalue weighted by Gasteiger charge is -2.28. The fourth-order valence-electron chi connectivity index (χ4n) is 5.04. The largest absolute Gasteiger partial charge is 0.328 e. The van der Waals surface area contributed by atoms with E-state index in [0.29, 0.717) is 0 Å². The first-order valence-corrected chi connectivity index (χ1v) is 13.3. The maximum atomic E-state index is 2.44. The third-order valence-corrected chi connectivity index (χ3v) is 8.42. The molecule has 0 spiro atoms. The molecule has 3 aromatic rings. The van der Waals surface area contributed by atoms with Gasteiger partial charge in [-0.3, -0.25) is 0 Å². The molecule has 0 fully saturated rings. The Kier molecular flexibility index (Phi) is 6.06. The zero-order chi connectivity index (χ0) is 22.1. The molecule has 0 saturated carbocycles. The first-order chi connectivity index (χ1) is 14.8. The van der Waals surface area contributed by atoms with Gasteiger partial charge in [0.1, 0.15) is 0 Å². The number of benzene rings is 3. The second-order valence-electron chi connectivity index (χ2n) is 9.04. The third-order valence-electron chi connectivity index (χ3n) is 6.19. The van der Waals surface area contributed by atoms with Crippen LogP contribution >= 0.6 is 0 Å². The number of hydrogen-bond acceptors (Lipinski definition) is 2. The smallest absolute Gasteiger partial charge is 0.0989 e. The van der Waals surface area contributed by atoms with Crippen LogP contribution < -0.4 is 15.0 Å². The second-order valence-corrected chi connectivity index (χ2v) is 11.5. The highest BCUT2D eigenvalue weighted by Crippen LogP contribution is 2.34. The number of anilines is 2. The summed E-state index contributed by atoms with van der Waals surface area (Å²) < 4.78 is 0. The van der Waals surface area contributed by atoms with Crippen LogP contribution in [0.15, 0.2) is 67.0 Å². The summed E-state index contributed by atoms with van der Waals surface area (Å²) in [5.41, 5.74) is 10.9. The molecule has 1 aliphatic heterocycles. The normalized spacial score (nSPS) is 13.5. The Balaban J connectivity index is 1.64. The molecule has 159 valence electrons. The van der Waals surface area contributed by atoms with Gasteiger partial charge >= 0.3 is 0 Å². The highest BCUT2D eigenvalue weighted by molar-refractivity contribution is 6.71. The van der Waals surface area contributed by atoms with Crippen LogP contribution in [0.3, 0.4) is 0 Å².